The molecule has 1 rings (SSSR count). The van der Waals surface area contributed by atoms with Gasteiger partial charge in [-0.25, -0.2) is 4.79 Å². The topological polar surface area (TPSA) is 66.8 Å². The average Bonchev–Trinajstić information content (AvgIpc) is 2.26. The number of hydrogen-bond donors (Lipinski definition) is 2. The van der Waals surface area contributed by atoms with E-state index >= 15 is 0 Å². The first-order chi connectivity index (χ1) is 7.50. The average molecular weight is 232 g/mol. The van der Waals surface area contributed by atoms with Gasteiger partial charge in [-0.05, 0) is 12.1 Å². The van der Waals surface area contributed by atoms with Gasteiger partial charge >= 0.3 is 11.9 Å². The van der Waals surface area contributed by atoms with Crippen LogP contribution in [0, 0.1) is 0 Å². The molecule has 0 radical (unpaired) electrons. The van der Waals surface area contributed by atoms with Crippen LogP contribution in [0.15, 0.2) is 24.3 Å². The normalized spacial score (nSPS) is 11.2. The Labute approximate surface area is 90.1 Å². The minimum atomic E-state index is -4.01. The number of rotatable bonds is 5. The van der Waals surface area contributed by atoms with Crippen molar-refractivity contribution in [1.82, 2.24) is 0 Å². The molecule has 1 aromatic carbocycles. The van der Waals surface area contributed by atoms with Crippen LogP contribution in [-0.2, 0) is 10.7 Å². The van der Waals surface area contributed by atoms with Crippen LogP contribution in [-0.4, -0.2) is 29.4 Å². The van der Waals surface area contributed by atoms with E-state index < -0.39 is 17.5 Å². The monoisotopic (exact) mass is 232 g/mol. The Kier molecular flexibility index (Phi) is 3.78. The van der Waals surface area contributed by atoms with E-state index in [2.05, 4.69) is 0 Å². The zero-order valence-electron chi connectivity index (χ0n) is 8.19. The smallest absolute Gasteiger partial charge is 0.379 e. The lowest BCUT2D eigenvalue weighted by Gasteiger charge is -2.15. The second-order valence-corrected chi connectivity index (χ2v) is 2.95. The van der Waals surface area contributed by atoms with E-state index in [0.29, 0.717) is 0 Å². The van der Waals surface area contributed by atoms with Crippen molar-refractivity contribution in [3.8, 4) is 5.75 Å². The number of ether oxygens (including phenoxy) is 1. The number of aliphatic hydroxyl groups is 1. The molecule has 0 heterocycles. The van der Waals surface area contributed by atoms with Gasteiger partial charge in [-0.3, -0.25) is 0 Å². The molecule has 0 aliphatic carbocycles. The standard InChI is InChI=1S/C10H10F2O4/c11-10(12,9(14)15)7-3-1-2-4-8(7)16-6-5-13/h1-4,13H,5-6H2,(H,14,15). The number of carboxylic acids is 1. The number of carboxylic acid groups (broad SMARTS) is 1. The number of hydrogen-bond acceptors (Lipinski definition) is 3. The molecule has 16 heavy (non-hydrogen) atoms. The van der Waals surface area contributed by atoms with Crippen LogP contribution in [0.3, 0.4) is 0 Å². The summed E-state index contributed by atoms with van der Waals surface area (Å²) in [6.07, 6.45) is 0. The summed E-state index contributed by atoms with van der Waals surface area (Å²) in [7, 11) is 0. The third-order valence-corrected chi connectivity index (χ3v) is 1.84. The molecule has 0 fully saturated rings. The van der Waals surface area contributed by atoms with E-state index in [4.69, 9.17) is 14.9 Å². The second kappa shape index (κ2) is 4.89. The van der Waals surface area contributed by atoms with Gasteiger partial charge in [0.25, 0.3) is 0 Å². The predicted molar refractivity (Wildman–Crippen MR) is 50.6 cm³/mol. The maximum Gasteiger partial charge on any atom is 0.379 e. The van der Waals surface area contributed by atoms with Gasteiger partial charge in [0.05, 0.1) is 12.2 Å². The predicted octanol–water partition coefficient (Wildman–Crippen LogP) is 1.23. The number of aliphatic hydroxyl groups excluding tert-OH is 1. The van der Waals surface area contributed by atoms with Gasteiger partial charge in [-0.2, -0.15) is 8.78 Å². The fraction of sp³-hybridized carbons (Fsp3) is 0.300. The number of para-hydroxylation sites is 1. The number of carbonyl (C=O) groups is 1. The van der Waals surface area contributed by atoms with Crippen LogP contribution in [0.25, 0.3) is 0 Å². The van der Waals surface area contributed by atoms with Gasteiger partial charge in [0.2, 0.25) is 0 Å². The molecule has 1 aromatic rings. The zero-order chi connectivity index (χ0) is 12.2. The maximum atomic E-state index is 13.2. The first kappa shape index (κ1) is 12.4. The van der Waals surface area contributed by atoms with E-state index in [-0.39, 0.29) is 19.0 Å². The van der Waals surface area contributed by atoms with Crippen molar-refractivity contribution in [2.24, 2.45) is 0 Å². The Morgan fingerprint density at radius 3 is 2.56 bits per heavy atom. The first-order valence-corrected chi connectivity index (χ1v) is 4.44. The third-order valence-electron chi connectivity index (χ3n) is 1.84. The summed E-state index contributed by atoms with van der Waals surface area (Å²) in [5, 5.41) is 16.9. The van der Waals surface area contributed by atoms with Crippen LogP contribution in [0.4, 0.5) is 8.78 Å². The van der Waals surface area contributed by atoms with Crippen LogP contribution in [0.2, 0.25) is 0 Å². The molecule has 0 spiro atoms. The Balaban J connectivity index is 3.07. The van der Waals surface area contributed by atoms with Gasteiger partial charge in [0.1, 0.15) is 12.4 Å². The number of alkyl halides is 2. The number of aliphatic carboxylic acids is 1. The van der Waals surface area contributed by atoms with Gasteiger partial charge in [-0.15, -0.1) is 0 Å². The first-order valence-electron chi connectivity index (χ1n) is 4.44. The van der Waals surface area contributed by atoms with Crippen LogP contribution >= 0.6 is 0 Å². The minimum absolute atomic E-state index is 0.174. The Hall–Kier alpha value is -1.69. The SMILES string of the molecule is O=C(O)C(F)(F)c1ccccc1OCCO. The Morgan fingerprint density at radius 1 is 1.38 bits per heavy atom. The molecule has 0 atom stereocenters. The van der Waals surface area contributed by atoms with Gasteiger partial charge in [0.15, 0.2) is 0 Å². The van der Waals surface area contributed by atoms with E-state index in [9.17, 15) is 13.6 Å². The maximum absolute atomic E-state index is 13.2. The number of halogens is 2. The quantitative estimate of drug-likeness (QED) is 0.801. The van der Waals surface area contributed by atoms with Crippen LogP contribution in [0.5, 0.6) is 5.75 Å². The van der Waals surface area contributed by atoms with Crippen molar-refractivity contribution in [2.45, 2.75) is 5.92 Å². The summed E-state index contributed by atoms with van der Waals surface area (Å²) in [4.78, 5) is 10.4. The molecule has 0 bridgehead atoms. The molecule has 0 saturated carbocycles. The largest absolute Gasteiger partial charge is 0.491 e. The van der Waals surface area contributed by atoms with Crippen molar-refractivity contribution in [3.63, 3.8) is 0 Å². The summed E-state index contributed by atoms with van der Waals surface area (Å²) in [5.74, 6) is -6.50. The molecule has 4 nitrogen and oxygen atoms in total. The highest BCUT2D eigenvalue weighted by molar-refractivity contribution is 5.78. The van der Waals surface area contributed by atoms with Gasteiger partial charge < -0.3 is 14.9 Å². The molecular formula is C10H10F2O4. The molecule has 0 saturated heterocycles. The lowest BCUT2D eigenvalue weighted by molar-refractivity contribution is -0.166. The molecule has 0 aliphatic heterocycles. The highest BCUT2D eigenvalue weighted by Gasteiger charge is 2.43. The third kappa shape index (κ3) is 2.46. The Bertz CT molecular complexity index is 379. The molecule has 0 amide bonds. The van der Waals surface area contributed by atoms with Crippen molar-refractivity contribution in [1.29, 1.82) is 0 Å². The summed E-state index contributed by atoms with van der Waals surface area (Å²) in [6, 6.07) is 4.93. The Morgan fingerprint density at radius 2 is 2.00 bits per heavy atom. The molecule has 88 valence electrons. The summed E-state index contributed by atoms with van der Waals surface area (Å²) in [6.45, 7) is -0.514. The fourth-order valence-corrected chi connectivity index (χ4v) is 1.12. The summed E-state index contributed by atoms with van der Waals surface area (Å²) >= 11 is 0. The highest BCUT2D eigenvalue weighted by Crippen LogP contribution is 2.34. The van der Waals surface area contributed by atoms with Crippen LogP contribution < -0.4 is 4.74 Å². The zero-order valence-corrected chi connectivity index (χ0v) is 8.19. The summed E-state index contributed by atoms with van der Waals surface area (Å²) < 4.78 is 31.3. The van der Waals surface area contributed by atoms with Gasteiger partial charge in [0, 0.05) is 0 Å². The van der Waals surface area contributed by atoms with Crippen molar-refractivity contribution in [3.05, 3.63) is 29.8 Å². The van der Waals surface area contributed by atoms with Gasteiger partial charge in [-0.1, -0.05) is 12.1 Å². The number of benzene rings is 1. The second-order valence-electron chi connectivity index (χ2n) is 2.95. The molecule has 0 aliphatic rings. The molecule has 6 heteroatoms. The van der Waals surface area contributed by atoms with E-state index in [1.807, 2.05) is 0 Å². The van der Waals surface area contributed by atoms with Crippen LogP contribution in [0.1, 0.15) is 5.56 Å². The molecule has 0 unspecified atom stereocenters. The molecular weight excluding hydrogens is 222 g/mol. The lowest BCUT2D eigenvalue weighted by Crippen LogP contribution is -2.26. The van der Waals surface area contributed by atoms with E-state index in [1.165, 1.54) is 18.2 Å². The summed E-state index contributed by atoms with van der Waals surface area (Å²) in [5.41, 5.74) is -0.726. The fourth-order valence-electron chi connectivity index (χ4n) is 1.12. The van der Waals surface area contributed by atoms with Crippen molar-refractivity contribution >= 4 is 5.97 Å². The molecule has 2 N–H and O–H groups in total. The highest BCUT2D eigenvalue weighted by atomic mass is 19.3. The lowest BCUT2D eigenvalue weighted by atomic mass is 10.1. The minimum Gasteiger partial charge on any atom is -0.491 e. The van der Waals surface area contributed by atoms with E-state index in [1.54, 1.807) is 0 Å². The molecule has 0 aromatic heterocycles. The van der Waals surface area contributed by atoms with E-state index in [0.717, 1.165) is 6.07 Å². The van der Waals surface area contributed by atoms with Crippen molar-refractivity contribution < 1.29 is 28.5 Å². The van der Waals surface area contributed by atoms with Crippen molar-refractivity contribution in [2.75, 3.05) is 13.2 Å².